The molecule has 0 saturated carbocycles. The van der Waals surface area contributed by atoms with Crippen molar-refractivity contribution in [2.45, 2.75) is 45.8 Å². The van der Waals surface area contributed by atoms with E-state index in [0.717, 1.165) is 63.1 Å². The molecule has 0 bridgehead atoms. The predicted octanol–water partition coefficient (Wildman–Crippen LogP) is 2.64. The highest BCUT2D eigenvalue weighted by Crippen LogP contribution is 2.22. The summed E-state index contributed by atoms with van der Waals surface area (Å²) in [6.07, 6.45) is 2.31. The van der Waals surface area contributed by atoms with E-state index in [1.807, 2.05) is 18.2 Å². The second-order valence-electron chi connectivity index (χ2n) is 7.84. The van der Waals surface area contributed by atoms with Gasteiger partial charge in [-0.2, -0.15) is 0 Å². The number of nitrogens with one attached hydrogen (secondary N) is 2. The first kappa shape index (κ1) is 21.5. The highest BCUT2D eigenvalue weighted by molar-refractivity contribution is 5.79. The van der Waals surface area contributed by atoms with Gasteiger partial charge in [-0.15, -0.1) is 0 Å². The first-order valence-corrected chi connectivity index (χ1v) is 9.99. The Morgan fingerprint density at radius 3 is 2.59 bits per heavy atom. The highest BCUT2D eigenvalue weighted by atomic mass is 16.5. The third kappa shape index (κ3) is 8.63. The lowest BCUT2D eigenvalue weighted by atomic mass is 10.1. The van der Waals surface area contributed by atoms with Crippen LogP contribution < -0.4 is 15.4 Å². The molecular weight excluding hydrogens is 340 g/mol. The van der Waals surface area contributed by atoms with E-state index < -0.39 is 0 Å². The van der Waals surface area contributed by atoms with Gasteiger partial charge in [-0.3, -0.25) is 9.89 Å². The van der Waals surface area contributed by atoms with Crippen LogP contribution in [0.25, 0.3) is 0 Å². The Hall–Kier alpha value is -1.79. The second kappa shape index (κ2) is 11.1. The fourth-order valence-electron chi connectivity index (χ4n) is 2.97. The maximum atomic E-state index is 6.06. The summed E-state index contributed by atoms with van der Waals surface area (Å²) in [6.45, 7) is 12.8. The molecule has 0 aliphatic carbocycles. The van der Waals surface area contributed by atoms with Crippen molar-refractivity contribution >= 4 is 5.96 Å². The number of nitrogens with zero attached hydrogens (tertiary/aromatic N) is 2. The van der Waals surface area contributed by atoms with Crippen LogP contribution in [0.2, 0.25) is 0 Å². The molecule has 1 fully saturated rings. The zero-order chi connectivity index (χ0) is 19.5. The normalized spacial score (nSPS) is 16.2. The molecule has 0 amide bonds. The summed E-state index contributed by atoms with van der Waals surface area (Å²) in [4.78, 5) is 6.80. The van der Waals surface area contributed by atoms with Gasteiger partial charge in [-0.1, -0.05) is 18.2 Å². The van der Waals surface area contributed by atoms with E-state index in [4.69, 9.17) is 9.47 Å². The molecule has 2 N–H and O–H groups in total. The summed E-state index contributed by atoms with van der Waals surface area (Å²) in [5, 5.41) is 6.78. The van der Waals surface area contributed by atoms with Gasteiger partial charge in [-0.05, 0) is 46.2 Å². The number of hydrogen-bond acceptors (Lipinski definition) is 4. The van der Waals surface area contributed by atoms with Gasteiger partial charge in [0.15, 0.2) is 5.96 Å². The summed E-state index contributed by atoms with van der Waals surface area (Å²) in [5.74, 6) is 1.74. The standard InChI is InChI=1S/C21H36N4O2/c1-21(2,3)27-19-10-6-5-9-18(19)17-24-20(22-4)23-11-7-8-12-25-13-15-26-16-14-25/h5-6,9-10H,7-8,11-17H2,1-4H3,(H2,22,23,24). The fourth-order valence-corrected chi connectivity index (χ4v) is 2.97. The second-order valence-corrected chi connectivity index (χ2v) is 7.84. The number of hydrogen-bond donors (Lipinski definition) is 2. The fraction of sp³-hybridized carbons (Fsp3) is 0.667. The Morgan fingerprint density at radius 2 is 1.89 bits per heavy atom. The Morgan fingerprint density at radius 1 is 1.15 bits per heavy atom. The molecule has 6 heteroatoms. The van der Waals surface area contributed by atoms with Crippen LogP contribution in [0.3, 0.4) is 0 Å². The molecular formula is C21H36N4O2. The lowest BCUT2D eigenvalue weighted by Gasteiger charge is -2.26. The Kier molecular flexibility index (Phi) is 8.88. The minimum Gasteiger partial charge on any atom is -0.488 e. The molecule has 1 aliphatic rings. The lowest BCUT2D eigenvalue weighted by Crippen LogP contribution is -2.38. The first-order chi connectivity index (χ1) is 13.0. The van der Waals surface area contributed by atoms with Crippen LogP contribution in [0.15, 0.2) is 29.3 Å². The molecule has 0 atom stereocenters. The van der Waals surface area contributed by atoms with Crippen LogP contribution in [0.5, 0.6) is 5.75 Å². The summed E-state index contributed by atoms with van der Waals surface area (Å²) < 4.78 is 11.4. The minimum atomic E-state index is -0.212. The molecule has 0 spiro atoms. The maximum Gasteiger partial charge on any atom is 0.191 e. The molecule has 0 aromatic heterocycles. The van der Waals surface area contributed by atoms with Gasteiger partial charge in [0.25, 0.3) is 0 Å². The smallest absolute Gasteiger partial charge is 0.191 e. The third-order valence-corrected chi connectivity index (χ3v) is 4.36. The van der Waals surface area contributed by atoms with Crippen molar-refractivity contribution in [2.24, 2.45) is 4.99 Å². The molecule has 27 heavy (non-hydrogen) atoms. The van der Waals surface area contributed by atoms with Crippen molar-refractivity contribution in [3.8, 4) is 5.75 Å². The number of benzene rings is 1. The number of ether oxygens (including phenoxy) is 2. The molecule has 1 aromatic carbocycles. The Balaban J connectivity index is 1.69. The monoisotopic (exact) mass is 376 g/mol. The van der Waals surface area contributed by atoms with E-state index in [9.17, 15) is 0 Å². The average molecular weight is 377 g/mol. The highest BCUT2D eigenvalue weighted by Gasteiger charge is 2.14. The van der Waals surface area contributed by atoms with Gasteiger partial charge in [0.05, 0.1) is 13.2 Å². The van der Waals surface area contributed by atoms with Crippen molar-refractivity contribution in [1.82, 2.24) is 15.5 Å². The van der Waals surface area contributed by atoms with Crippen molar-refractivity contribution in [3.05, 3.63) is 29.8 Å². The van der Waals surface area contributed by atoms with E-state index in [1.54, 1.807) is 7.05 Å². The SMILES string of the molecule is CN=C(NCCCCN1CCOCC1)NCc1ccccc1OC(C)(C)C. The maximum absolute atomic E-state index is 6.06. The third-order valence-electron chi connectivity index (χ3n) is 4.36. The zero-order valence-corrected chi connectivity index (χ0v) is 17.4. The van der Waals surface area contributed by atoms with Crippen molar-refractivity contribution in [1.29, 1.82) is 0 Å². The molecule has 1 aromatic rings. The average Bonchev–Trinajstić information content (AvgIpc) is 2.64. The summed E-state index contributed by atoms with van der Waals surface area (Å²) in [6, 6.07) is 8.15. The molecule has 1 aliphatic heterocycles. The molecule has 1 heterocycles. The van der Waals surface area contributed by atoms with Gasteiger partial charge in [0, 0.05) is 38.8 Å². The van der Waals surface area contributed by atoms with E-state index >= 15 is 0 Å². The summed E-state index contributed by atoms with van der Waals surface area (Å²) >= 11 is 0. The number of aliphatic imine (C=N–C) groups is 1. The van der Waals surface area contributed by atoms with E-state index in [2.05, 4.69) is 47.4 Å². The minimum absolute atomic E-state index is 0.212. The van der Waals surface area contributed by atoms with Crippen molar-refractivity contribution < 1.29 is 9.47 Å². The van der Waals surface area contributed by atoms with Crippen LogP contribution >= 0.6 is 0 Å². The number of unbranched alkanes of at least 4 members (excludes halogenated alkanes) is 1. The Labute approximate surface area is 164 Å². The van der Waals surface area contributed by atoms with Crippen molar-refractivity contribution in [3.63, 3.8) is 0 Å². The van der Waals surface area contributed by atoms with Gasteiger partial charge in [-0.25, -0.2) is 0 Å². The lowest BCUT2D eigenvalue weighted by molar-refractivity contribution is 0.0372. The largest absolute Gasteiger partial charge is 0.488 e. The quantitative estimate of drug-likeness (QED) is 0.415. The predicted molar refractivity (Wildman–Crippen MR) is 112 cm³/mol. The molecule has 6 nitrogen and oxygen atoms in total. The molecule has 0 radical (unpaired) electrons. The molecule has 2 rings (SSSR count). The van der Waals surface area contributed by atoms with Gasteiger partial charge >= 0.3 is 0 Å². The summed E-state index contributed by atoms with van der Waals surface area (Å²) in [5.41, 5.74) is 0.916. The summed E-state index contributed by atoms with van der Waals surface area (Å²) in [7, 11) is 1.81. The van der Waals surface area contributed by atoms with Gasteiger partial charge < -0.3 is 20.1 Å². The topological polar surface area (TPSA) is 58.1 Å². The Bertz CT molecular complexity index is 578. The van der Waals surface area contributed by atoms with Crippen LogP contribution in [-0.4, -0.2) is 62.9 Å². The number of morpholine rings is 1. The number of guanidine groups is 1. The van der Waals surface area contributed by atoms with E-state index in [-0.39, 0.29) is 5.60 Å². The molecule has 0 unspecified atom stereocenters. The molecule has 152 valence electrons. The van der Waals surface area contributed by atoms with Crippen molar-refractivity contribution in [2.75, 3.05) is 46.4 Å². The van der Waals surface area contributed by atoms with Crippen LogP contribution in [-0.2, 0) is 11.3 Å². The van der Waals surface area contributed by atoms with Crippen LogP contribution in [0.1, 0.15) is 39.2 Å². The van der Waals surface area contributed by atoms with Crippen LogP contribution in [0.4, 0.5) is 0 Å². The van der Waals surface area contributed by atoms with Crippen LogP contribution in [0, 0.1) is 0 Å². The van der Waals surface area contributed by atoms with Gasteiger partial charge in [0.1, 0.15) is 11.4 Å². The van der Waals surface area contributed by atoms with E-state index in [1.165, 1.54) is 6.42 Å². The number of rotatable bonds is 8. The zero-order valence-electron chi connectivity index (χ0n) is 17.4. The number of para-hydroxylation sites is 1. The van der Waals surface area contributed by atoms with Gasteiger partial charge in [0.2, 0.25) is 0 Å². The van der Waals surface area contributed by atoms with E-state index in [0.29, 0.717) is 6.54 Å². The first-order valence-electron chi connectivity index (χ1n) is 9.99. The molecule has 1 saturated heterocycles.